The maximum Gasteiger partial charge on any atom is 0.422 e. The number of hydrogen-bond donors (Lipinski definition) is 1. The van der Waals surface area contributed by atoms with Crippen LogP contribution < -0.4 is 10.1 Å². The number of aryl methyl sites for hydroxylation is 1. The van der Waals surface area contributed by atoms with Gasteiger partial charge in [0.1, 0.15) is 17.5 Å². The summed E-state index contributed by atoms with van der Waals surface area (Å²) in [5.74, 6) is -0.913. The quantitative estimate of drug-likeness (QED) is 0.669. The molecule has 0 aliphatic carbocycles. The van der Waals surface area contributed by atoms with E-state index in [2.05, 4.69) is 15.2 Å². The van der Waals surface area contributed by atoms with E-state index in [9.17, 15) is 18.0 Å². The Bertz CT molecular complexity index is 1070. The first-order valence-electron chi connectivity index (χ1n) is 8.34. The number of amides is 1. The van der Waals surface area contributed by atoms with E-state index in [1.807, 2.05) is 31.2 Å². The number of hydrogen-bond acceptors (Lipinski definition) is 5. The number of nitriles is 1. The van der Waals surface area contributed by atoms with Crippen LogP contribution in [0.2, 0.25) is 0 Å². The van der Waals surface area contributed by atoms with Crippen molar-refractivity contribution < 1.29 is 27.2 Å². The number of aromatic nitrogens is 1. The Hall–Kier alpha value is -3.80. The number of halogens is 3. The van der Waals surface area contributed by atoms with Gasteiger partial charge in [-0.3, -0.25) is 4.79 Å². The number of carbonyl (C=O) groups excluding carboxylic acids is 1. The molecule has 0 spiro atoms. The molecule has 0 atom stereocenters. The first-order valence-corrected chi connectivity index (χ1v) is 8.34. The topological polar surface area (TPSA) is 88.1 Å². The summed E-state index contributed by atoms with van der Waals surface area (Å²) >= 11 is 0. The summed E-state index contributed by atoms with van der Waals surface area (Å²) in [5, 5.41) is 15.5. The number of anilines is 1. The van der Waals surface area contributed by atoms with E-state index >= 15 is 0 Å². The summed E-state index contributed by atoms with van der Waals surface area (Å²) in [6.07, 6.45) is -4.53. The highest BCUT2D eigenvalue weighted by Gasteiger charge is 2.29. The summed E-state index contributed by atoms with van der Waals surface area (Å²) in [6, 6.07) is 14.4. The van der Waals surface area contributed by atoms with Crippen LogP contribution in [0, 0.1) is 18.3 Å². The Balaban J connectivity index is 1.72. The van der Waals surface area contributed by atoms with Gasteiger partial charge in [0.25, 0.3) is 5.91 Å². The highest BCUT2D eigenvalue weighted by Crippen LogP contribution is 2.26. The fourth-order valence-corrected chi connectivity index (χ4v) is 2.42. The summed E-state index contributed by atoms with van der Waals surface area (Å²) < 4.78 is 46.5. The van der Waals surface area contributed by atoms with Gasteiger partial charge in [0.05, 0.1) is 5.56 Å². The van der Waals surface area contributed by atoms with Gasteiger partial charge in [-0.05, 0) is 25.1 Å². The van der Waals surface area contributed by atoms with Crippen molar-refractivity contribution in [1.29, 1.82) is 5.26 Å². The molecule has 1 aromatic heterocycles. The van der Waals surface area contributed by atoms with E-state index in [1.165, 1.54) is 24.3 Å². The van der Waals surface area contributed by atoms with E-state index in [-0.39, 0.29) is 22.8 Å². The van der Waals surface area contributed by atoms with Gasteiger partial charge >= 0.3 is 6.18 Å². The number of rotatable bonds is 5. The number of ether oxygens (including phenoxy) is 1. The van der Waals surface area contributed by atoms with Crippen LogP contribution in [0.5, 0.6) is 5.75 Å². The maximum atomic E-state index is 12.3. The fourth-order valence-electron chi connectivity index (χ4n) is 2.42. The largest absolute Gasteiger partial charge is 0.483 e. The third-order valence-corrected chi connectivity index (χ3v) is 3.83. The predicted octanol–water partition coefficient (Wildman–Crippen LogP) is 4.72. The molecule has 1 amide bonds. The Labute approximate surface area is 163 Å². The van der Waals surface area contributed by atoms with Gasteiger partial charge < -0.3 is 14.6 Å². The molecule has 0 saturated carbocycles. The molecule has 0 bridgehead atoms. The normalized spacial score (nSPS) is 11.0. The summed E-state index contributed by atoms with van der Waals surface area (Å²) in [6.45, 7) is 0.424. The van der Waals surface area contributed by atoms with Crippen molar-refractivity contribution >= 4 is 11.6 Å². The first kappa shape index (κ1) is 19.9. The zero-order valence-corrected chi connectivity index (χ0v) is 15.1. The number of nitrogens with one attached hydrogen (secondary N) is 1. The van der Waals surface area contributed by atoms with Gasteiger partial charge in [0, 0.05) is 17.3 Å². The molecule has 9 heteroatoms. The van der Waals surface area contributed by atoms with E-state index in [0.717, 1.165) is 11.1 Å². The molecule has 0 saturated heterocycles. The molecule has 0 aliphatic rings. The van der Waals surface area contributed by atoms with Crippen LogP contribution >= 0.6 is 0 Å². The Morgan fingerprint density at radius 1 is 1.21 bits per heavy atom. The van der Waals surface area contributed by atoms with Gasteiger partial charge in [0.2, 0.25) is 5.76 Å². The second-order valence-corrected chi connectivity index (χ2v) is 6.12. The Morgan fingerprint density at radius 3 is 2.59 bits per heavy atom. The molecule has 2 aromatic carbocycles. The minimum atomic E-state index is -4.53. The molecule has 0 unspecified atom stereocenters. The van der Waals surface area contributed by atoms with Crippen molar-refractivity contribution in [3.63, 3.8) is 0 Å². The van der Waals surface area contributed by atoms with Crippen LogP contribution in [-0.4, -0.2) is 23.8 Å². The molecule has 3 rings (SSSR count). The molecule has 1 heterocycles. The second-order valence-electron chi connectivity index (χ2n) is 6.12. The smallest absolute Gasteiger partial charge is 0.422 e. The van der Waals surface area contributed by atoms with Crippen molar-refractivity contribution in [2.45, 2.75) is 13.1 Å². The monoisotopic (exact) mass is 401 g/mol. The van der Waals surface area contributed by atoms with Crippen molar-refractivity contribution in [2.75, 3.05) is 11.9 Å². The van der Waals surface area contributed by atoms with Crippen molar-refractivity contribution in [3.05, 3.63) is 65.4 Å². The van der Waals surface area contributed by atoms with Crippen LogP contribution in [0.3, 0.4) is 0 Å². The SMILES string of the molecule is Cc1ccc(-c2cc(C(=O)Nc3ccc(OCC(F)(F)F)c(C#N)c3)on2)cc1. The minimum absolute atomic E-state index is 0.0588. The lowest BCUT2D eigenvalue weighted by molar-refractivity contribution is -0.153. The second kappa shape index (κ2) is 8.06. The van der Waals surface area contributed by atoms with Crippen molar-refractivity contribution in [1.82, 2.24) is 5.16 Å². The van der Waals surface area contributed by atoms with Crippen LogP contribution in [0.25, 0.3) is 11.3 Å². The van der Waals surface area contributed by atoms with Crippen molar-refractivity contribution in [2.24, 2.45) is 0 Å². The van der Waals surface area contributed by atoms with Crippen molar-refractivity contribution in [3.8, 4) is 23.1 Å². The van der Waals surface area contributed by atoms with Crippen LogP contribution in [0.15, 0.2) is 53.1 Å². The lowest BCUT2D eigenvalue weighted by atomic mass is 10.1. The minimum Gasteiger partial charge on any atom is -0.483 e. The zero-order valence-electron chi connectivity index (χ0n) is 15.1. The zero-order chi connectivity index (χ0) is 21.0. The number of benzene rings is 2. The summed E-state index contributed by atoms with van der Waals surface area (Å²) in [7, 11) is 0. The molecule has 148 valence electrons. The fraction of sp³-hybridized carbons (Fsp3) is 0.150. The molecule has 1 N–H and O–H groups in total. The molecular weight excluding hydrogens is 387 g/mol. The molecule has 29 heavy (non-hydrogen) atoms. The highest BCUT2D eigenvalue weighted by atomic mass is 19.4. The molecule has 3 aromatic rings. The summed E-state index contributed by atoms with van der Waals surface area (Å²) in [4.78, 5) is 12.3. The van der Waals surface area contributed by atoms with Gasteiger partial charge in [-0.25, -0.2) is 0 Å². The van der Waals surface area contributed by atoms with Gasteiger partial charge in [0.15, 0.2) is 6.61 Å². The van der Waals surface area contributed by atoms with Gasteiger partial charge in [-0.15, -0.1) is 0 Å². The van der Waals surface area contributed by atoms with Gasteiger partial charge in [-0.1, -0.05) is 35.0 Å². The van der Waals surface area contributed by atoms with Gasteiger partial charge in [-0.2, -0.15) is 18.4 Å². The van der Waals surface area contributed by atoms with E-state index in [1.54, 1.807) is 6.07 Å². The van der Waals surface area contributed by atoms with E-state index < -0.39 is 18.7 Å². The van der Waals surface area contributed by atoms with E-state index in [4.69, 9.17) is 9.78 Å². The summed E-state index contributed by atoms with van der Waals surface area (Å²) in [5.41, 5.74) is 2.37. The van der Waals surface area contributed by atoms with Crippen LogP contribution in [0.4, 0.5) is 18.9 Å². The molecule has 0 aliphatic heterocycles. The molecule has 0 fully saturated rings. The highest BCUT2D eigenvalue weighted by molar-refractivity contribution is 6.02. The lowest BCUT2D eigenvalue weighted by Gasteiger charge is -2.11. The predicted molar refractivity (Wildman–Crippen MR) is 97.3 cm³/mol. The lowest BCUT2D eigenvalue weighted by Crippen LogP contribution is -2.19. The first-order chi connectivity index (χ1) is 13.7. The third-order valence-electron chi connectivity index (χ3n) is 3.83. The maximum absolute atomic E-state index is 12.3. The number of alkyl halides is 3. The number of carbonyl (C=O) groups is 1. The molecule has 6 nitrogen and oxygen atoms in total. The van der Waals surface area contributed by atoms with Crippen LogP contribution in [-0.2, 0) is 0 Å². The van der Waals surface area contributed by atoms with E-state index in [0.29, 0.717) is 5.69 Å². The Kier molecular flexibility index (Phi) is 5.54. The number of nitrogens with zero attached hydrogens (tertiary/aromatic N) is 2. The average Bonchev–Trinajstić information content (AvgIpc) is 3.17. The molecular formula is C20H14F3N3O3. The average molecular weight is 401 g/mol. The third kappa shape index (κ3) is 5.13. The van der Waals surface area contributed by atoms with Crippen LogP contribution in [0.1, 0.15) is 21.7 Å². The molecule has 0 radical (unpaired) electrons. The Morgan fingerprint density at radius 2 is 1.93 bits per heavy atom. The standard InChI is InChI=1S/C20H14F3N3O3/c1-12-2-4-13(5-3-12)16-9-18(29-26-16)19(27)25-15-6-7-17(14(8-15)10-24)28-11-20(21,22)23/h2-9H,11H2,1H3,(H,25,27).